The lowest BCUT2D eigenvalue weighted by Crippen LogP contribution is -2.41. The number of imidazole rings is 1. The standard InChI is InChI=1S/C24H26ClN7/c1-30(2)18-11-15-31(16-12-18)19-8-6-17(7-9-19)27-24-26-13-10-20(28-24)22-23(25)29-21-5-3-4-14-32(21)22/h3-10,13-14,18H,11-12,15-16H2,1-2H3,(H,26,27,28). The molecule has 164 valence electrons. The van der Waals surface area contributed by atoms with Gasteiger partial charge in [-0.05, 0) is 69.4 Å². The molecule has 8 heteroatoms. The Morgan fingerprint density at radius 3 is 2.53 bits per heavy atom. The first-order valence-corrected chi connectivity index (χ1v) is 11.2. The first kappa shape index (κ1) is 20.7. The van der Waals surface area contributed by atoms with E-state index in [1.165, 1.54) is 18.5 Å². The molecule has 32 heavy (non-hydrogen) atoms. The number of nitrogens with one attached hydrogen (secondary N) is 1. The Kier molecular flexibility index (Phi) is 5.68. The number of piperidine rings is 1. The highest BCUT2D eigenvalue weighted by atomic mass is 35.5. The van der Waals surface area contributed by atoms with Crippen LogP contribution >= 0.6 is 11.6 Å². The van der Waals surface area contributed by atoms with Crippen LogP contribution in [0.15, 0.2) is 60.9 Å². The van der Waals surface area contributed by atoms with Gasteiger partial charge in [-0.2, -0.15) is 0 Å². The van der Waals surface area contributed by atoms with Crippen molar-refractivity contribution in [3.63, 3.8) is 0 Å². The van der Waals surface area contributed by atoms with E-state index in [-0.39, 0.29) is 0 Å². The molecule has 0 spiro atoms. The number of pyridine rings is 1. The minimum atomic E-state index is 0.420. The molecular formula is C24H26ClN7. The van der Waals surface area contributed by atoms with Gasteiger partial charge in [0.25, 0.3) is 0 Å². The van der Waals surface area contributed by atoms with E-state index in [0.717, 1.165) is 30.1 Å². The minimum Gasteiger partial charge on any atom is -0.371 e. The lowest BCUT2D eigenvalue weighted by Gasteiger charge is -2.36. The van der Waals surface area contributed by atoms with Crippen LogP contribution in [0, 0.1) is 0 Å². The quantitative estimate of drug-likeness (QED) is 0.477. The summed E-state index contributed by atoms with van der Waals surface area (Å²) in [5.41, 5.74) is 4.44. The highest BCUT2D eigenvalue weighted by Crippen LogP contribution is 2.28. The summed E-state index contributed by atoms with van der Waals surface area (Å²) in [5, 5.41) is 3.73. The Labute approximate surface area is 192 Å². The van der Waals surface area contributed by atoms with Gasteiger partial charge in [0.15, 0.2) is 5.15 Å². The van der Waals surface area contributed by atoms with E-state index in [2.05, 4.69) is 68.4 Å². The Morgan fingerprint density at radius 1 is 1.00 bits per heavy atom. The maximum absolute atomic E-state index is 6.41. The number of hydrogen-bond acceptors (Lipinski definition) is 6. The van der Waals surface area contributed by atoms with E-state index in [1.54, 1.807) is 6.20 Å². The van der Waals surface area contributed by atoms with Crippen LogP contribution in [0.2, 0.25) is 5.15 Å². The summed E-state index contributed by atoms with van der Waals surface area (Å²) in [6, 6.07) is 16.8. The van der Waals surface area contributed by atoms with Gasteiger partial charge >= 0.3 is 0 Å². The second kappa shape index (κ2) is 8.76. The molecule has 0 bridgehead atoms. The molecule has 1 aliphatic heterocycles. The molecule has 0 radical (unpaired) electrons. The maximum Gasteiger partial charge on any atom is 0.227 e. The molecule has 0 aliphatic carbocycles. The molecule has 1 saturated heterocycles. The Balaban J connectivity index is 1.32. The number of benzene rings is 1. The van der Waals surface area contributed by atoms with Crippen LogP contribution in [0.3, 0.4) is 0 Å². The summed E-state index contributed by atoms with van der Waals surface area (Å²) in [6.07, 6.45) is 6.05. The Hall–Kier alpha value is -3.16. The third-order valence-electron chi connectivity index (χ3n) is 6.07. The van der Waals surface area contributed by atoms with Crippen molar-refractivity contribution in [2.45, 2.75) is 18.9 Å². The topological polar surface area (TPSA) is 61.6 Å². The molecule has 1 aromatic carbocycles. The van der Waals surface area contributed by atoms with E-state index in [1.807, 2.05) is 34.9 Å². The average molecular weight is 448 g/mol. The number of hydrogen-bond donors (Lipinski definition) is 1. The van der Waals surface area contributed by atoms with Crippen molar-refractivity contribution in [1.29, 1.82) is 0 Å². The zero-order valence-corrected chi connectivity index (χ0v) is 19.0. The number of aromatic nitrogens is 4. The predicted octanol–water partition coefficient (Wildman–Crippen LogP) is 4.72. The molecular weight excluding hydrogens is 422 g/mol. The molecule has 5 rings (SSSR count). The van der Waals surface area contributed by atoms with E-state index in [4.69, 9.17) is 11.6 Å². The smallest absolute Gasteiger partial charge is 0.227 e. The summed E-state index contributed by atoms with van der Waals surface area (Å²) < 4.78 is 1.93. The van der Waals surface area contributed by atoms with Gasteiger partial charge < -0.3 is 15.1 Å². The van der Waals surface area contributed by atoms with E-state index in [0.29, 0.717) is 22.8 Å². The first-order valence-electron chi connectivity index (χ1n) is 10.8. The first-order chi connectivity index (χ1) is 15.6. The summed E-state index contributed by atoms with van der Waals surface area (Å²) in [4.78, 5) is 18.3. The van der Waals surface area contributed by atoms with E-state index in [9.17, 15) is 0 Å². The number of anilines is 3. The monoisotopic (exact) mass is 447 g/mol. The number of nitrogens with zero attached hydrogens (tertiary/aromatic N) is 6. The van der Waals surface area contributed by atoms with Crippen molar-refractivity contribution in [1.82, 2.24) is 24.3 Å². The van der Waals surface area contributed by atoms with Crippen molar-refractivity contribution in [2.24, 2.45) is 0 Å². The molecule has 0 amide bonds. The fraction of sp³-hybridized carbons (Fsp3) is 0.292. The normalized spacial score (nSPS) is 14.9. The Morgan fingerprint density at radius 2 is 1.78 bits per heavy atom. The molecule has 4 heterocycles. The lowest BCUT2D eigenvalue weighted by molar-refractivity contribution is 0.249. The summed E-state index contributed by atoms with van der Waals surface area (Å²) in [7, 11) is 4.34. The zero-order chi connectivity index (χ0) is 22.1. The van der Waals surface area contributed by atoms with Crippen molar-refractivity contribution in [2.75, 3.05) is 37.4 Å². The molecule has 7 nitrogen and oxygen atoms in total. The van der Waals surface area contributed by atoms with Crippen molar-refractivity contribution in [3.05, 3.63) is 66.1 Å². The van der Waals surface area contributed by atoms with Gasteiger partial charge in [-0.15, -0.1) is 0 Å². The van der Waals surface area contributed by atoms with Gasteiger partial charge in [-0.3, -0.25) is 4.40 Å². The van der Waals surface area contributed by atoms with Gasteiger partial charge in [0, 0.05) is 42.9 Å². The maximum atomic E-state index is 6.41. The van der Waals surface area contributed by atoms with Crippen LogP contribution in [0.25, 0.3) is 17.0 Å². The molecule has 1 N–H and O–H groups in total. The van der Waals surface area contributed by atoms with Gasteiger partial charge in [-0.25, -0.2) is 15.0 Å². The van der Waals surface area contributed by atoms with E-state index < -0.39 is 0 Å². The highest BCUT2D eigenvalue weighted by molar-refractivity contribution is 6.32. The van der Waals surface area contributed by atoms with Gasteiger partial charge in [0.05, 0.1) is 5.69 Å². The molecule has 0 atom stereocenters. The second-order valence-corrected chi connectivity index (χ2v) is 8.66. The summed E-state index contributed by atoms with van der Waals surface area (Å²) >= 11 is 6.41. The van der Waals surface area contributed by atoms with Crippen LogP contribution in [0.5, 0.6) is 0 Å². The summed E-state index contributed by atoms with van der Waals surface area (Å²) in [5.74, 6) is 0.518. The minimum absolute atomic E-state index is 0.420. The molecule has 1 fully saturated rings. The van der Waals surface area contributed by atoms with Gasteiger partial charge in [-0.1, -0.05) is 17.7 Å². The fourth-order valence-corrected chi connectivity index (χ4v) is 4.55. The highest BCUT2D eigenvalue weighted by Gasteiger charge is 2.20. The third kappa shape index (κ3) is 4.13. The van der Waals surface area contributed by atoms with Crippen molar-refractivity contribution < 1.29 is 0 Å². The molecule has 1 aliphatic rings. The van der Waals surface area contributed by atoms with Crippen LogP contribution in [-0.2, 0) is 0 Å². The molecule has 3 aromatic heterocycles. The fourth-order valence-electron chi connectivity index (χ4n) is 4.27. The largest absolute Gasteiger partial charge is 0.371 e. The van der Waals surface area contributed by atoms with E-state index >= 15 is 0 Å². The van der Waals surface area contributed by atoms with Crippen molar-refractivity contribution in [3.8, 4) is 11.4 Å². The van der Waals surface area contributed by atoms with Gasteiger partial charge in [0.2, 0.25) is 5.95 Å². The number of rotatable bonds is 5. The van der Waals surface area contributed by atoms with Crippen LogP contribution in [-0.4, -0.2) is 57.5 Å². The van der Waals surface area contributed by atoms with Crippen LogP contribution < -0.4 is 10.2 Å². The second-order valence-electron chi connectivity index (χ2n) is 8.30. The predicted molar refractivity (Wildman–Crippen MR) is 130 cm³/mol. The Bertz CT molecular complexity index is 1210. The molecule has 0 saturated carbocycles. The number of fused-ring (bicyclic) bond motifs is 1. The lowest BCUT2D eigenvalue weighted by atomic mass is 10.0. The third-order valence-corrected chi connectivity index (χ3v) is 6.33. The summed E-state index contributed by atoms with van der Waals surface area (Å²) in [6.45, 7) is 2.17. The molecule has 4 aromatic rings. The zero-order valence-electron chi connectivity index (χ0n) is 18.2. The van der Waals surface area contributed by atoms with Gasteiger partial charge in [0.1, 0.15) is 11.3 Å². The SMILES string of the molecule is CN(C)C1CCN(c2ccc(Nc3nccc(-c4c(Cl)nc5ccccn45)n3)cc2)CC1. The average Bonchev–Trinajstić information content (AvgIpc) is 3.15. The molecule has 0 unspecified atom stereocenters. The number of halogens is 1. The van der Waals surface area contributed by atoms with Crippen molar-refractivity contribution >= 4 is 34.6 Å². The van der Waals surface area contributed by atoms with Crippen LogP contribution in [0.1, 0.15) is 12.8 Å². The van der Waals surface area contributed by atoms with Crippen LogP contribution in [0.4, 0.5) is 17.3 Å².